The summed E-state index contributed by atoms with van der Waals surface area (Å²) in [6, 6.07) is 24.7. The van der Waals surface area contributed by atoms with Crippen LogP contribution in [0.15, 0.2) is 89.9 Å². The number of hydrogen-bond acceptors (Lipinski definition) is 12. The molecular formula is C49H59N5O11. The van der Waals surface area contributed by atoms with Gasteiger partial charge in [0.05, 0.1) is 39.5 Å². The van der Waals surface area contributed by atoms with Gasteiger partial charge in [-0.05, 0) is 89.6 Å². The number of hydrogen-bond donors (Lipinski definition) is 4. The second kappa shape index (κ2) is 21.5. The van der Waals surface area contributed by atoms with Gasteiger partial charge in [-0.2, -0.15) is 0 Å². The Balaban J connectivity index is 0.000000207. The van der Waals surface area contributed by atoms with Crippen molar-refractivity contribution >= 4 is 53.2 Å². The molecule has 4 aromatic carbocycles. The first-order valence-electron chi connectivity index (χ1n) is 21.5. The summed E-state index contributed by atoms with van der Waals surface area (Å²) in [7, 11) is 0. The lowest BCUT2D eigenvalue weighted by atomic mass is 10.0. The van der Waals surface area contributed by atoms with Crippen molar-refractivity contribution in [2.75, 3.05) is 37.6 Å². The maximum absolute atomic E-state index is 12.3. The van der Waals surface area contributed by atoms with E-state index in [1.807, 2.05) is 84.0 Å². The van der Waals surface area contributed by atoms with Crippen LogP contribution in [0.3, 0.4) is 0 Å². The van der Waals surface area contributed by atoms with E-state index in [1.54, 1.807) is 46.2 Å². The highest BCUT2D eigenvalue weighted by atomic mass is 16.6. The molecule has 0 unspecified atom stereocenters. The van der Waals surface area contributed by atoms with Crippen LogP contribution >= 0.6 is 0 Å². The molecule has 0 bridgehead atoms. The van der Waals surface area contributed by atoms with E-state index in [-0.39, 0.29) is 41.2 Å². The van der Waals surface area contributed by atoms with Gasteiger partial charge in [-0.15, -0.1) is 0 Å². The van der Waals surface area contributed by atoms with Gasteiger partial charge < -0.3 is 50.4 Å². The number of aliphatic imine (C=N–C) groups is 1. The maximum atomic E-state index is 12.3. The van der Waals surface area contributed by atoms with Crippen molar-refractivity contribution in [3.63, 3.8) is 0 Å². The molecule has 0 saturated carbocycles. The summed E-state index contributed by atoms with van der Waals surface area (Å²) in [6.07, 6.45) is 3.67. The zero-order chi connectivity index (χ0) is 47.5. The molecule has 16 heteroatoms. The van der Waals surface area contributed by atoms with Gasteiger partial charge in [0, 0.05) is 63.8 Å². The predicted octanol–water partition coefficient (Wildman–Crippen LogP) is 8.67. The van der Waals surface area contributed by atoms with Crippen LogP contribution in [-0.4, -0.2) is 106 Å². The smallest absolute Gasteiger partial charge is 0.410 e. The molecule has 0 radical (unpaired) electrons. The minimum Gasteiger partial charge on any atom is -0.490 e. The van der Waals surface area contributed by atoms with Crippen molar-refractivity contribution in [3.8, 4) is 11.5 Å². The number of amides is 2. The maximum Gasteiger partial charge on any atom is 0.410 e. The van der Waals surface area contributed by atoms with Gasteiger partial charge in [0.1, 0.15) is 34.9 Å². The van der Waals surface area contributed by atoms with E-state index < -0.39 is 23.1 Å². The summed E-state index contributed by atoms with van der Waals surface area (Å²) in [5, 5.41) is 18.0. The molecule has 16 nitrogen and oxygen atoms in total. The average molecular weight is 894 g/mol. The molecule has 3 heterocycles. The predicted molar refractivity (Wildman–Crippen MR) is 247 cm³/mol. The highest BCUT2D eigenvalue weighted by molar-refractivity contribution is 6.10. The number of nitrogen functional groups attached to an aromatic ring is 2. The lowest BCUT2D eigenvalue weighted by Gasteiger charge is -2.33. The van der Waals surface area contributed by atoms with E-state index in [2.05, 4.69) is 4.99 Å². The number of carbonyl (C=O) groups is 5. The number of anilines is 2. The average Bonchev–Trinajstić information content (AvgIpc) is 3.69. The summed E-state index contributed by atoms with van der Waals surface area (Å²) in [4.78, 5) is 65.4. The number of rotatable bonds is 8. The molecule has 6 N–H and O–H groups in total. The largest absolute Gasteiger partial charge is 0.490 e. The number of likely N-dealkylation sites (tertiary alicyclic amines) is 2. The summed E-state index contributed by atoms with van der Waals surface area (Å²) >= 11 is 0. The molecular weight excluding hydrogens is 835 g/mol. The minimum absolute atomic E-state index is 0.0137. The van der Waals surface area contributed by atoms with Gasteiger partial charge in [-0.3, -0.25) is 9.79 Å². The van der Waals surface area contributed by atoms with Gasteiger partial charge in [0.25, 0.3) is 0 Å². The summed E-state index contributed by atoms with van der Waals surface area (Å²) in [6.45, 7) is 13.5. The SMILES string of the molecule is CC(C)(C)OC(=O)N1CCC(Oc2ccccc2C2=Nc3c(cccc3C(=O)O)C2)CC1.CC(C)(C)OC(=O)N1CCC(Oc2ccccc2C=O)CC1.Nc1cccc(C(=O)O)c1N. The monoisotopic (exact) mass is 893 g/mol. The first-order valence-corrected chi connectivity index (χ1v) is 21.5. The lowest BCUT2D eigenvalue weighted by Crippen LogP contribution is -2.44. The standard InChI is InChI=1S/C25H28N2O5.C17H23NO4.C7H8N2O2/c1-25(2,3)32-24(30)27-13-11-17(12-14-27)31-21-10-5-4-8-18(21)20-15-16-7-6-9-19(23(28)29)22(16)26-20;1-17(2,3)22-16(20)18-10-8-14(9-11-18)21-15-7-5-4-6-13(15)12-19;8-5-3-1-2-4(6(5)9)7(10)11/h4-10,17H,11-15H2,1-3H3,(H,28,29);4-7,12,14H,8-11H2,1-3H3;1-3H,8-9H2,(H,10,11). The number of ether oxygens (including phenoxy) is 4. The number of nitrogens with two attached hydrogens (primary N) is 2. The van der Waals surface area contributed by atoms with Gasteiger partial charge in [-0.25, -0.2) is 19.2 Å². The lowest BCUT2D eigenvalue weighted by molar-refractivity contribution is 0.0115. The number of fused-ring (bicyclic) bond motifs is 1. The fourth-order valence-electron chi connectivity index (χ4n) is 7.14. The van der Waals surface area contributed by atoms with Gasteiger partial charge in [0.2, 0.25) is 0 Å². The van der Waals surface area contributed by atoms with E-state index in [0.29, 0.717) is 68.1 Å². The second-order valence-corrected chi connectivity index (χ2v) is 17.7. The molecule has 4 aromatic rings. The molecule has 2 amide bonds. The van der Waals surface area contributed by atoms with Crippen LogP contribution in [0.25, 0.3) is 0 Å². The molecule has 2 saturated heterocycles. The van der Waals surface area contributed by atoms with Gasteiger partial charge >= 0.3 is 24.1 Å². The topological polar surface area (TPSA) is 234 Å². The third kappa shape index (κ3) is 13.9. The number of benzene rings is 4. The zero-order valence-electron chi connectivity index (χ0n) is 37.7. The number of aldehydes is 1. The highest BCUT2D eigenvalue weighted by Crippen LogP contribution is 2.35. The van der Waals surface area contributed by atoms with Gasteiger partial charge in [0.15, 0.2) is 6.29 Å². The van der Waals surface area contributed by atoms with E-state index >= 15 is 0 Å². The van der Waals surface area contributed by atoms with Crippen molar-refractivity contribution in [2.24, 2.45) is 4.99 Å². The Morgan fingerprint density at radius 1 is 0.646 bits per heavy atom. The van der Waals surface area contributed by atoms with Crippen LogP contribution < -0.4 is 20.9 Å². The van der Waals surface area contributed by atoms with Crippen LogP contribution in [-0.2, 0) is 15.9 Å². The first kappa shape index (κ1) is 48.9. The van der Waals surface area contributed by atoms with E-state index in [0.717, 1.165) is 41.7 Å². The first-order chi connectivity index (χ1) is 30.7. The van der Waals surface area contributed by atoms with Crippen LogP contribution in [0, 0.1) is 0 Å². The third-order valence-corrected chi connectivity index (χ3v) is 10.3. The number of nitrogens with zero attached hydrogens (tertiary/aromatic N) is 3. The quantitative estimate of drug-likeness (QED) is 0.0959. The Kier molecular flexibility index (Phi) is 16.2. The highest BCUT2D eigenvalue weighted by Gasteiger charge is 2.30. The van der Waals surface area contributed by atoms with Crippen LogP contribution in [0.5, 0.6) is 11.5 Å². The number of carboxylic acids is 2. The number of carboxylic acid groups (broad SMARTS) is 2. The van der Waals surface area contributed by atoms with Crippen LogP contribution in [0.2, 0.25) is 0 Å². The van der Waals surface area contributed by atoms with Crippen LogP contribution in [0.4, 0.5) is 26.7 Å². The number of piperidine rings is 2. The van der Waals surface area contributed by atoms with E-state index in [4.69, 9.17) is 35.5 Å². The van der Waals surface area contributed by atoms with Crippen LogP contribution in [0.1, 0.15) is 109 Å². The molecule has 7 rings (SSSR count). The molecule has 2 fully saturated rings. The fraction of sp³-hybridized carbons (Fsp3) is 0.388. The Bertz CT molecular complexity index is 2370. The van der Waals surface area contributed by atoms with Crippen molar-refractivity contribution in [3.05, 3.63) is 113 Å². The van der Waals surface area contributed by atoms with Crippen molar-refractivity contribution in [1.29, 1.82) is 0 Å². The molecule has 3 aliphatic heterocycles. The third-order valence-electron chi connectivity index (χ3n) is 10.3. The number of aromatic carboxylic acids is 2. The van der Waals surface area contributed by atoms with Crippen molar-refractivity contribution < 1.29 is 53.1 Å². The number of para-hydroxylation sites is 4. The molecule has 3 aliphatic rings. The summed E-state index contributed by atoms with van der Waals surface area (Å²) in [5.74, 6) is -0.706. The second-order valence-electron chi connectivity index (χ2n) is 17.7. The Hall–Kier alpha value is -7.10. The molecule has 0 aromatic heterocycles. The molecule has 0 atom stereocenters. The van der Waals surface area contributed by atoms with E-state index in [9.17, 15) is 29.1 Å². The molecule has 0 spiro atoms. The van der Waals surface area contributed by atoms with Gasteiger partial charge in [-0.1, -0.05) is 42.5 Å². The summed E-state index contributed by atoms with van der Waals surface area (Å²) in [5.41, 5.74) is 14.1. The zero-order valence-corrected chi connectivity index (χ0v) is 37.7. The van der Waals surface area contributed by atoms with E-state index in [1.165, 1.54) is 6.07 Å². The van der Waals surface area contributed by atoms with Crippen molar-refractivity contribution in [2.45, 2.75) is 97.1 Å². The number of carbonyl (C=O) groups excluding carboxylic acids is 3. The Labute approximate surface area is 379 Å². The molecule has 0 aliphatic carbocycles. The molecule has 346 valence electrons. The fourth-order valence-corrected chi connectivity index (χ4v) is 7.14. The Morgan fingerprint density at radius 3 is 1.63 bits per heavy atom. The normalized spacial score (nSPS) is 15.1. The Morgan fingerprint density at radius 2 is 1.12 bits per heavy atom. The van der Waals surface area contributed by atoms with Crippen molar-refractivity contribution in [1.82, 2.24) is 9.80 Å². The molecule has 65 heavy (non-hydrogen) atoms. The summed E-state index contributed by atoms with van der Waals surface area (Å²) < 4.78 is 23.1. The minimum atomic E-state index is -1.06.